The van der Waals surface area contributed by atoms with Gasteiger partial charge in [-0.3, -0.25) is 4.79 Å². The number of thioether (sulfide) groups is 1. The molecule has 2 nitrogen and oxygen atoms in total. The molecule has 5 heteroatoms. The third kappa shape index (κ3) is 3.99. The average Bonchev–Trinajstić information content (AvgIpc) is 2.47. The topological polar surface area (TPSA) is 29.1 Å². The van der Waals surface area contributed by atoms with Gasteiger partial charge in [-0.15, -0.1) is 11.8 Å². The van der Waals surface area contributed by atoms with Crippen molar-refractivity contribution in [1.29, 1.82) is 0 Å². The zero-order valence-electron chi connectivity index (χ0n) is 11.7. The highest BCUT2D eigenvalue weighted by Crippen LogP contribution is 2.21. The second-order valence-electron chi connectivity index (χ2n) is 4.59. The standard InChI is InChI=1S/C16H15ClFNOS/c1-10(11-3-6-13(21-2)7-4-11)19-16(20)14-8-5-12(18)9-15(14)17/h3-10H,1-2H3,(H,19,20). The molecule has 0 bridgehead atoms. The van der Waals surface area contributed by atoms with Gasteiger partial charge in [-0.2, -0.15) is 0 Å². The van der Waals surface area contributed by atoms with Gasteiger partial charge in [0.2, 0.25) is 0 Å². The Morgan fingerprint density at radius 3 is 2.48 bits per heavy atom. The molecule has 0 fully saturated rings. The summed E-state index contributed by atoms with van der Waals surface area (Å²) in [4.78, 5) is 13.3. The van der Waals surface area contributed by atoms with Gasteiger partial charge < -0.3 is 5.32 Å². The predicted octanol–water partition coefficient (Wildman–Crippen LogP) is 4.69. The van der Waals surface area contributed by atoms with Gasteiger partial charge >= 0.3 is 0 Å². The first-order valence-corrected chi connectivity index (χ1v) is 8.01. The van der Waals surface area contributed by atoms with Crippen molar-refractivity contribution < 1.29 is 9.18 Å². The second kappa shape index (κ2) is 6.96. The summed E-state index contributed by atoms with van der Waals surface area (Å²) >= 11 is 7.55. The van der Waals surface area contributed by atoms with Gasteiger partial charge in [-0.25, -0.2) is 4.39 Å². The molecule has 0 aliphatic carbocycles. The molecule has 2 rings (SSSR count). The maximum Gasteiger partial charge on any atom is 0.253 e. The first kappa shape index (κ1) is 15.9. The fraction of sp³-hybridized carbons (Fsp3) is 0.188. The summed E-state index contributed by atoms with van der Waals surface area (Å²) in [5.41, 5.74) is 1.27. The van der Waals surface area contributed by atoms with E-state index >= 15 is 0 Å². The maximum atomic E-state index is 13.0. The molecular weight excluding hydrogens is 309 g/mol. The maximum absolute atomic E-state index is 13.0. The Morgan fingerprint density at radius 2 is 1.90 bits per heavy atom. The Hall–Kier alpha value is -1.52. The minimum atomic E-state index is -0.461. The van der Waals surface area contributed by atoms with Crippen LogP contribution >= 0.6 is 23.4 Å². The van der Waals surface area contributed by atoms with Crippen LogP contribution in [0.15, 0.2) is 47.4 Å². The van der Waals surface area contributed by atoms with Crippen LogP contribution in [0.4, 0.5) is 4.39 Å². The van der Waals surface area contributed by atoms with Gasteiger partial charge in [0.1, 0.15) is 5.82 Å². The molecular formula is C16H15ClFNOS. The number of carbonyl (C=O) groups excluding carboxylic acids is 1. The fourth-order valence-electron chi connectivity index (χ4n) is 1.92. The number of nitrogens with one attached hydrogen (secondary N) is 1. The molecule has 1 N–H and O–H groups in total. The van der Waals surface area contributed by atoms with Crippen LogP contribution in [-0.4, -0.2) is 12.2 Å². The van der Waals surface area contributed by atoms with E-state index in [9.17, 15) is 9.18 Å². The van der Waals surface area contributed by atoms with Crippen molar-refractivity contribution in [3.05, 3.63) is 64.4 Å². The van der Waals surface area contributed by atoms with E-state index in [1.54, 1.807) is 11.8 Å². The molecule has 1 amide bonds. The lowest BCUT2D eigenvalue weighted by atomic mass is 10.1. The summed E-state index contributed by atoms with van der Waals surface area (Å²) in [6.45, 7) is 1.89. The molecule has 1 atom stereocenters. The van der Waals surface area contributed by atoms with Gasteiger partial charge in [0.25, 0.3) is 5.91 Å². The number of rotatable bonds is 4. The zero-order chi connectivity index (χ0) is 15.4. The second-order valence-corrected chi connectivity index (χ2v) is 5.88. The molecule has 21 heavy (non-hydrogen) atoms. The molecule has 0 spiro atoms. The van der Waals surface area contributed by atoms with Crippen molar-refractivity contribution in [3.8, 4) is 0 Å². The molecule has 110 valence electrons. The SMILES string of the molecule is CSc1ccc(C(C)NC(=O)c2ccc(F)cc2Cl)cc1. The Bertz CT molecular complexity index is 645. The van der Waals surface area contributed by atoms with Crippen LogP contribution in [0, 0.1) is 5.82 Å². The van der Waals surface area contributed by atoms with E-state index in [4.69, 9.17) is 11.6 Å². The third-order valence-electron chi connectivity index (χ3n) is 3.14. The van der Waals surface area contributed by atoms with Crippen molar-refractivity contribution in [1.82, 2.24) is 5.32 Å². The van der Waals surface area contributed by atoms with E-state index in [0.717, 1.165) is 11.6 Å². The van der Waals surface area contributed by atoms with Crippen molar-refractivity contribution in [3.63, 3.8) is 0 Å². The highest BCUT2D eigenvalue weighted by atomic mass is 35.5. The number of halogens is 2. The molecule has 0 radical (unpaired) electrons. The Morgan fingerprint density at radius 1 is 1.24 bits per heavy atom. The van der Waals surface area contributed by atoms with Gasteiger partial charge in [0.05, 0.1) is 16.6 Å². The Balaban J connectivity index is 2.10. The number of amides is 1. The van der Waals surface area contributed by atoms with Gasteiger partial charge in [0.15, 0.2) is 0 Å². The van der Waals surface area contributed by atoms with Gasteiger partial charge in [-0.05, 0) is 49.1 Å². The summed E-state index contributed by atoms with van der Waals surface area (Å²) in [6, 6.07) is 11.5. The van der Waals surface area contributed by atoms with E-state index in [1.165, 1.54) is 17.0 Å². The van der Waals surface area contributed by atoms with Crippen LogP contribution in [0.2, 0.25) is 5.02 Å². The smallest absolute Gasteiger partial charge is 0.253 e. The molecule has 0 aliphatic heterocycles. The van der Waals surface area contributed by atoms with E-state index < -0.39 is 5.82 Å². The predicted molar refractivity (Wildman–Crippen MR) is 85.5 cm³/mol. The molecule has 0 heterocycles. The molecule has 0 saturated heterocycles. The summed E-state index contributed by atoms with van der Waals surface area (Å²) in [7, 11) is 0. The van der Waals surface area contributed by atoms with Crippen molar-refractivity contribution in [2.24, 2.45) is 0 Å². The normalized spacial score (nSPS) is 12.0. The highest BCUT2D eigenvalue weighted by Gasteiger charge is 2.14. The van der Waals surface area contributed by atoms with Gasteiger partial charge in [-0.1, -0.05) is 23.7 Å². The minimum absolute atomic E-state index is 0.109. The minimum Gasteiger partial charge on any atom is -0.345 e. The zero-order valence-corrected chi connectivity index (χ0v) is 13.3. The number of benzene rings is 2. The summed E-state index contributed by atoms with van der Waals surface area (Å²) < 4.78 is 13.0. The van der Waals surface area contributed by atoms with E-state index in [1.807, 2.05) is 37.4 Å². The number of hydrogen-bond acceptors (Lipinski definition) is 2. The monoisotopic (exact) mass is 323 g/mol. The molecule has 2 aromatic rings. The highest BCUT2D eigenvalue weighted by molar-refractivity contribution is 7.98. The molecule has 0 aliphatic rings. The van der Waals surface area contributed by atoms with Crippen LogP contribution < -0.4 is 5.32 Å². The fourth-order valence-corrected chi connectivity index (χ4v) is 2.59. The Kier molecular flexibility index (Phi) is 5.26. The van der Waals surface area contributed by atoms with E-state index in [0.29, 0.717) is 0 Å². The number of hydrogen-bond donors (Lipinski definition) is 1. The summed E-state index contributed by atoms with van der Waals surface area (Å²) in [5, 5.41) is 2.97. The van der Waals surface area contributed by atoms with Gasteiger partial charge in [0, 0.05) is 4.90 Å². The average molecular weight is 324 g/mol. The lowest BCUT2D eigenvalue weighted by Gasteiger charge is -2.15. The van der Waals surface area contributed by atoms with Crippen LogP contribution in [0.3, 0.4) is 0 Å². The molecule has 0 saturated carbocycles. The third-order valence-corrected chi connectivity index (χ3v) is 4.20. The number of carbonyl (C=O) groups is 1. The van der Waals surface area contributed by atoms with E-state index in [-0.39, 0.29) is 22.5 Å². The Labute approximate surface area is 132 Å². The summed E-state index contributed by atoms with van der Waals surface area (Å²) in [6.07, 6.45) is 2.01. The van der Waals surface area contributed by atoms with Crippen molar-refractivity contribution in [2.45, 2.75) is 17.9 Å². The molecule has 1 unspecified atom stereocenters. The van der Waals surface area contributed by atoms with Crippen LogP contribution in [0.1, 0.15) is 28.9 Å². The van der Waals surface area contributed by atoms with Crippen LogP contribution in [-0.2, 0) is 0 Å². The molecule has 2 aromatic carbocycles. The first-order chi connectivity index (χ1) is 10.0. The van der Waals surface area contributed by atoms with Crippen molar-refractivity contribution in [2.75, 3.05) is 6.26 Å². The van der Waals surface area contributed by atoms with Crippen LogP contribution in [0.5, 0.6) is 0 Å². The first-order valence-electron chi connectivity index (χ1n) is 6.41. The lowest BCUT2D eigenvalue weighted by Crippen LogP contribution is -2.26. The van der Waals surface area contributed by atoms with E-state index in [2.05, 4.69) is 5.32 Å². The molecule has 0 aromatic heterocycles. The largest absolute Gasteiger partial charge is 0.345 e. The lowest BCUT2D eigenvalue weighted by molar-refractivity contribution is 0.0940. The van der Waals surface area contributed by atoms with Crippen molar-refractivity contribution >= 4 is 29.3 Å². The quantitative estimate of drug-likeness (QED) is 0.827. The summed E-state index contributed by atoms with van der Waals surface area (Å²) in [5.74, 6) is -0.779. The van der Waals surface area contributed by atoms with Crippen LogP contribution in [0.25, 0.3) is 0 Å².